The first kappa shape index (κ1) is 12.3. The fraction of sp³-hybridized carbons (Fsp3) is 0.385. The molecule has 1 heterocycles. The average molecular weight is 297 g/mol. The molecule has 1 N–H and O–H groups in total. The number of rotatable bonds is 5. The van der Waals surface area contributed by atoms with E-state index in [4.69, 9.17) is 5.11 Å². The Morgan fingerprint density at radius 2 is 2.12 bits per heavy atom. The summed E-state index contributed by atoms with van der Waals surface area (Å²) >= 11 is 0.448. The van der Waals surface area contributed by atoms with Gasteiger partial charge in [0, 0.05) is 0 Å². The Bertz CT molecular complexity index is 533. The number of benzene rings is 1. The van der Waals surface area contributed by atoms with E-state index in [2.05, 4.69) is 35.8 Å². The Balaban J connectivity index is 2.07. The van der Waals surface area contributed by atoms with E-state index in [1.807, 2.05) is 0 Å². The van der Waals surface area contributed by atoms with Gasteiger partial charge in [-0.25, -0.2) is 0 Å². The summed E-state index contributed by atoms with van der Waals surface area (Å²) in [6.07, 6.45) is 1.97. The Kier molecular flexibility index (Phi) is 3.97. The van der Waals surface area contributed by atoms with Crippen LogP contribution in [0.5, 0.6) is 0 Å². The van der Waals surface area contributed by atoms with Gasteiger partial charge in [-0.1, -0.05) is 0 Å². The predicted molar refractivity (Wildman–Crippen MR) is 67.3 cm³/mol. The third-order valence-corrected chi connectivity index (χ3v) is 5.08. The van der Waals surface area contributed by atoms with E-state index < -0.39 is 5.97 Å². The SMILES string of the molecule is Cc1[se]c2ccccc2[n+]1CCCCC(=O)O. The molecule has 0 aliphatic carbocycles. The van der Waals surface area contributed by atoms with Crippen molar-refractivity contribution in [2.45, 2.75) is 32.7 Å². The van der Waals surface area contributed by atoms with E-state index >= 15 is 0 Å². The van der Waals surface area contributed by atoms with Crippen molar-refractivity contribution in [2.24, 2.45) is 0 Å². The summed E-state index contributed by atoms with van der Waals surface area (Å²) in [6.45, 7) is 3.12. The molecule has 0 unspecified atom stereocenters. The molecule has 0 fully saturated rings. The molecule has 90 valence electrons. The topological polar surface area (TPSA) is 41.2 Å². The molecule has 1 aromatic carbocycles. The molecule has 2 aromatic rings. The summed E-state index contributed by atoms with van der Waals surface area (Å²) in [7, 11) is 0. The molecule has 3 nitrogen and oxygen atoms in total. The number of hydrogen-bond donors (Lipinski definition) is 1. The molecule has 0 atom stereocenters. The van der Waals surface area contributed by atoms with Crippen molar-refractivity contribution in [3.8, 4) is 0 Å². The average Bonchev–Trinajstić information content (AvgIpc) is 2.60. The molecule has 0 spiro atoms. The molecule has 0 aliphatic heterocycles. The van der Waals surface area contributed by atoms with Crippen LogP contribution in [-0.2, 0) is 11.3 Å². The summed E-state index contributed by atoms with van der Waals surface area (Å²) < 4.78 is 5.21. The third-order valence-electron chi connectivity index (χ3n) is 2.82. The van der Waals surface area contributed by atoms with Gasteiger partial charge >= 0.3 is 106 Å². The molecule has 0 saturated heterocycles. The van der Waals surface area contributed by atoms with Gasteiger partial charge in [-0.05, 0) is 0 Å². The zero-order valence-electron chi connectivity index (χ0n) is 9.85. The van der Waals surface area contributed by atoms with Gasteiger partial charge < -0.3 is 0 Å². The van der Waals surface area contributed by atoms with Crippen molar-refractivity contribution >= 4 is 30.2 Å². The first-order chi connectivity index (χ1) is 8.18. The number of unbranched alkanes of at least 4 members (excludes halogenated alkanes) is 1. The molecule has 1 aromatic heterocycles. The molecule has 0 aliphatic rings. The number of nitrogens with zero attached hydrogens (tertiary/aromatic N) is 1. The van der Waals surface area contributed by atoms with Gasteiger partial charge in [0.15, 0.2) is 0 Å². The van der Waals surface area contributed by atoms with Crippen molar-refractivity contribution in [1.82, 2.24) is 0 Å². The zero-order valence-corrected chi connectivity index (χ0v) is 11.6. The van der Waals surface area contributed by atoms with E-state index in [9.17, 15) is 4.79 Å². The number of carbonyl (C=O) groups is 1. The van der Waals surface area contributed by atoms with E-state index in [1.165, 1.54) is 14.3 Å². The van der Waals surface area contributed by atoms with Crippen LogP contribution in [0.2, 0.25) is 0 Å². The molecule has 17 heavy (non-hydrogen) atoms. The number of para-hydroxylation sites is 1. The minimum atomic E-state index is -0.697. The Morgan fingerprint density at radius 3 is 2.88 bits per heavy atom. The van der Waals surface area contributed by atoms with Gasteiger partial charge in [-0.2, -0.15) is 0 Å². The van der Waals surface area contributed by atoms with E-state index in [-0.39, 0.29) is 6.42 Å². The second-order valence-corrected chi connectivity index (χ2v) is 6.68. The molecule has 0 amide bonds. The zero-order chi connectivity index (χ0) is 12.3. The van der Waals surface area contributed by atoms with Crippen LogP contribution in [0.4, 0.5) is 0 Å². The van der Waals surface area contributed by atoms with E-state index in [1.54, 1.807) is 0 Å². The monoisotopic (exact) mass is 298 g/mol. The van der Waals surface area contributed by atoms with Gasteiger partial charge in [0.25, 0.3) is 0 Å². The quantitative estimate of drug-likeness (QED) is 0.519. The van der Waals surface area contributed by atoms with Gasteiger partial charge in [-0.15, -0.1) is 0 Å². The maximum absolute atomic E-state index is 10.4. The second kappa shape index (κ2) is 5.48. The number of aryl methyl sites for hydroxylation is 2. The number of carboxylic acids is 1. The maximum atomic E-state index is 10.4. The molecule has 0 radical (unpaired) electrons. The van der Waals surface area contributed by atoms with Gasteiger partial charge in [0.05, 0.1) is 0 Å². The van der Waals surface area contributed by atoms with Gasteiger partial charge in [-0.3, -0.25) is 0 Å². The van der Waals surface area contributed by atoms with E-state index in [0.29, 0.717) is 14.5 Å². The normalized spacial score (nSPS) is 10.9. The van der Waals surface area contributed by atoms with E-state index in [0.717, 1.165) is 19.4 Å². The number of fused-ring (bicyclic) bond motifs is 1. The number of hydrogen-bond acceptors (Lipinski definition) is 1. The fourth-order valence-corrected chi connectivity index (χ4v) is 4.17. The van der Waals surface area contributed by atoms with Crippen LogP contribution in [0, 0.1) is 6.92 Å². The summed E-state index contributed by atoms with van der Waals surface area (Å²) in [5.41, 5.74) is 1.32. The van der Waals surface area contributed by atoms with Crippen molar-refractivity contribution in [2.75, 3.05) is 0 Å². The van der Waals surface area contributed by atoms with Crippen LogP contribution in [0.3, 0.4) is 0 Å². The summed E-state index contributed by atoms with van der Waals surface area (Å²) in [5, 5.41) is 8.60. The standard InChI is InChI=1S/C13H15NO2Se/c1-10-14(9-5-4-8-13(15)16)11-6-2-3-7-12(11)17-10/h2-3,6-7H,4-5,8-9H2,1H3/p+1. The molecule has 4 heteroatoms. The second-order valence-electron chi connectivity index (χ2n) is 4.09. The summed E-state index contributed by atoms with van der Waals surface area (Å²) in [5.74, 6) is -0.697. The number of aliphatic carboxylic acids is 1. The molecular weight excluding hydrogens is 281 g/mol. The van der Waals surface area contributed by atoms with Crippen molar-refractivity contribution in [3.05, 3.63) is 28.8 Å². The Hall–Kier alpha value is -1.12. The molecular formula is C13H16NO2Se+. The number of carboxylic acid groups (broad SMARTS) is 1. The first-order valence-corrected chi connectivity index (χ1v) is 7.49. The molecule has 2 rings (SSSR count). The Labute approximate surface area is 106 Å². The van der Waals surface area contributed by atoms with Crippen LogP contribution in [0.25, 0.3) is 9.78 Å². The van der Waals surface area contributed by atoms with Crippen LogP contribution >= 0.6 is 0 Å². The van der Waals surface area contributed by atoms with Gasteiger partial charge in [0.2, 0.25) is 0 Å². The van der Waals surface area contributed by atoms with Crippen LogP contribution in [0.1, 0.15) is 23.8 Å². The fourth-order valence-electron chi connectivity index (χ4n) is 1.97. The predicted octanol–water partition coefficient (Wildman–Crippen LogP) is 1.75. The molecule has 0 saturated carbocycles. The number of aromatic nitrogens is 1. The van der Waals surface area contributed by atoms with Crippen molar-refractivity contribution in [1.29, 1.82) is 0 Å². The first-order valence-electron chi connectivity index (χ1n) is 5.78. The van der Waals surface area contributed by atoms with Crippen LogP contribution in [-0.4, -0.2) is 25.6 Å². The summed E-state index contributed by atoms with van der Waals surface area (Å²) in [6, 6.07) is 8.50. The Morgan fingerprint density at radius 1 is 1.35 bits per heavy atom. The minimum absolute atomic E-state index is 0.277. The summed E-state index contributed by atoms with van der Waals surface area (Å²) in [4.78, 5) is 10.4. The molecule has 0 bridgehead atoms. The van der Waals surface area contributed by atoms with Crippen molar-refractivity contribution in [3.63, 3.8) is 0 Å². The van der Waals surface area contributed by atoms with Crippen LogP contribution < -0.4 is 4.57 Å². The van der Waals surface area contributed by atoms with Crippen LogP contribution in [0.15, 0.2) is 24.3 Å². The third kappa shape index (κ3) is 2.96. The van der Waals surface area contributed by atoms with Crippen molar-refractivity contribution < 1.29 is 14.5 Å². The van der Waals surface area contributed by atoms with Gasteiger partial charge in [0.1, 0.15) is 0 Å².